The van der Waals surface area contributed by atoms with Crippen LogP contribution < -0.4 is 0 Å². The first-order valence-corrected chi connectivity index (χ1v) is 8.66. The molecule has 1 aromatic rings. The molecule has 18 heavy (non-hydrogen) atoms. The molecule has 4 heteroatoms. The van der Waals surface area contributed by atoms with E-state index < -0.39 is 0 Å². The highest BCUT2D eigenvalue weighted by Gasteiger charge is 2.15. The van der Waals surface area contributed by atoms with Gasteiger partial charge in [0.2, 0.25) is 0 Å². The Hall–Kier alpha value is -0.150. The van der Waals surface area contributed by atoms with Crippen LogP contribution in [0.2, 0.25) is 0 Å². The Morgan fingerprint density at radius 2 is 2.22 bits per heavy atom. The summed E-state index contributed by atoms with van der Waals surface area (Å²) < 4.78 is 2.19. The first kappa shape index (κ1) is 14.3. The molecule has 1 aliphatic rings. The lowest BCUT2D eigenvalue weighted by Gasteiger charge is -2.21. The predicted octanol–water partition coefficient (Wildman–Crippen LogP) is 4.50. The van der Waals surface area contributed by atoms with Crippen molar-refractivity contribution in [3.05, 3.63) is 18.0 Å². The van der Waals surface area contributed by atoms with E-state index in [4.69, 9.17) is 16.7 Å². The van der Waals surface area contributed by atoms with Crippen molar-refractivity contribution in [2.24, 2.45) is 5.92 Å². The highest BCUT2D eigenvalue weighted by Crippen LogP contribution is 2.27. The maximum atomic E-state index is 5.81. The zero-order valence-corrected chi connectivity index (χ0v) is 12.7. The smallest absolute Gasteiger partial charge is 0.0723 e. The summed E-state index contributed by atoms with van der Waals surface area (Å²) >= 11 is 7.75. The van der Waals surface area contributed by atoms with Gasteiger partial charge in [-0.05, 0) is 30.6 Å². The van der Waals surface area contributed by atoms with E-state index in [2.05, 4.69) is 23.9 Å². The summed E-state index contributed by atoms with van der Waals surface area (Å²) in [4.78, 5) is 0. The van der Waals surface area contributed by atoms with Gasteiger partial charge in [-0.2, -0.15) is 16.9 Å². The molecule has 0 amide bonds. The molecule has 0 spiro atoms. The second kappa shape index (κ2) is 7.44. The van der Waals surface area contributed by atoms with E-state index in [-0.39, 0.29) is 0 Å². The van der Waals surface area contributed by atoms with E-state index in [0.717, 1.165) is 17.4 Å². The number of thioether (sulfide) groups is 1. The Kier molecular flexibility index (Phi) is 5.90. The third kappa shape index (κ3) is 4.20. The number of hydrogen-bond acceptors (Lipinski definition) is 2. The molecule has 0 radical (unpaired) electrons. The number of hydrogen-bond donors (Lipinski definition) is 0. The lowest BCUT2D eigenvalue weighted by molar-refractivity contribution is 0.328. The van der Waals surface area contributed by atoms with Gasteiger partial charge in [-0.1, -0.05) is 26.2 Å². The SMILES string of the molecule is CC(CCl)CSCc1ccn(C2CCCCC2)n1. The van der Waals surface area contributed by atoms with E-state index in [1.54, 1.807) is 0 Å². The summed E-state index contributed by atoms with van der Waals surface area (Å²) in [6.45, 7) is 2.20. The van der Waals surface area contributed by atoms with Gasteiger partial charge in [-0.25, -0.2) is 0 Å². The second-order valence-corrected chi connectivity index (χ2v) is 6.69. The van der Waals surface area contributed by atoms with Crippen LogP contribution in [0, 0.1) is 5.92 Å². The van der Waals surface area contributed by atoms with Crippen molar-refractivity contribution in [2.75, 3.05) is 11.6 Å². The predicted molar refractivity (Wildman–Crippen MR) is 80.4 cm³/mol. The molecule has 1 aliphatic carbocycles. The van der Waals surface area contributed by atoms with E-state index in [1.807, 2.05) is 11.8 Å². The van der Waals surface area contributed by atoms with Crippen LogP contribution in [0.3, 0.4) is 0 Å². The summed E-state index contributed by atoms with van der Waals surface area (Å²) in [5, 5.41) is 4.72. The molecule has 102 valence electrons. The fourth-order valence-electron chi connectivity index (χ4n) is 2.41. The van der Waals surface area contributed by atoms with Gasteiger partial charge in [-0.15, -0.1) is 11.6 Å². The number of nitrogens with zero attached hydrogens (tertiary/aromatic N) is 2. The molecule has 0 saturated heterocycles. The first-order chi connectivity index (χ1) is 8.79. The highest BCUT2D eigenvalue weighted by molar-refractivity contribution is 7.98. The Morgan fingerprint density at radius 1 is 1.44 bits per heavy atom. The lowest BCUT2D eigenvalue weighted by Crippen LogP contribution is -2.13. The fraction of sp³-hybridized carbons (Fsp3) is 0.786. The summed E-state index contributed by atoms with van der Waals surface area (Å²) in [7, 11) is 0. The number of halogens is 1. The molecule has 1 atom stereocenters. The summed E-state index contributed by atoms with van der Waals surface area (Å²) in [6.07, 6.45) is 8.90. The maximum Gasteiger partial charge on any atom is 0.0723 e. The van der Waals surface area contributed by atoms with Crippen molar-refractivity contribution in [1.82, 2.24) is 9.78 Å². The Morgan fingerprint density at radius 3 is 2.94 bits per heavy atom. The first-order valence-electron chi connectivity index (χ1n) is 6.97. The molecule has 0 N–H and O–H groups in total. The summed E-state index contributed by atoms with van der Waals surface area (Å²) in [5.41, 5.74) is 1.22. The van der Waals surface area contributed by atoms with E-state index in [9.17, 15) is 0 Å². The zero-order valence-electron chi connectivity index (χ0n) is 11.1. The molecule has 0 bridgehead atoms. The van der Waals surface area contributed by atoms with Crippen LogP contribution >= 0.6 is 23.4 Å². The van der Waals surface area contributed by atoms with Crippen LogP contribution in [-0.2, 0) is 5.75 Å². The molecule has 2 nitrogen and oxygen atoms in total. The molecule has 0 aliphatic heterocycles. The van der Waals surface area contributed by atoms with Crippen molar-refractivity contribution in [3.63, 3.8) is 0 Å². The van der Waals surface area contributed by atoms with Crippen molar-refractivity contribution >= 4 is 23.4 Å². The van der Waals surface area contributed by atoms with Gasteiger partial charge >= 0.3 is 0 Å². The van der Waals surface area contributed by atoms with Gasteiger partial charge in [0.1, 0.15) is 0 Å². The van der Waals surface area contributed by atoms with Crippen LogP contribution in [-0.4, -0.2) is 21.4 Å². The quantitative estimate of drug-likeness (QED) is 0.717. The lowest BCUT2D eigenvalue weighted by atomic mass is 9.96. The third-order valence-electron chi connectivity index (χ3n) is 3.53. The largest absolute Gasteiger partial charge is 0.269 e. The van der Waals surface area contributed by atoms with Crippen LogP contribution in [0.4, 0.5) is 0 Å². The minimum atomic E-state index is 0.595. The van der Waals surface area contributed by atoms with Crippen molar-refractivity contribution in [1.29, 1.82) is 0 Å². The molecule has 1 aromatic heterocycles. The number of alkyl halides is 1. The molecule has 1 saturated carbocycles. The monoisotopic (exact) mass is 286 g/mol. The molecule has 1 fully saturated rings. The molecule has 1 heterocycles. The molecular formula is C14H23ClN2S. The van der Waals surface area contributed by atoms with Crippen LogP contribution in [0.25, 0.3) is 0 Å². The van der Waals surface area contributed by atoms with E-state index in [1.165, 1.54) is 37.8 Å². The fourth-order valence-corrected chi connectivity index (χ4v) is 3.65. The van der Waals surface area contributed by atoms with Gasteiger partial charge in [-0.3, -0.25) is 4.68 Å². The van der Waals surface area contributed by atoms with Crippen molar-refractivity contribution in [2.45, 2.75) is 50.8 Å². The average molecular weight is 287 g/mol. The molecule has 1 unspecified atom stereocenters. The summed E-state index contributed by atoms with van der Waals surface area (Å²) in [6, 6.07) is 2.83. The highest BCUT2D eigenvalue weighted by atomic mass is 35.5. The van der Waals surface area contributed by atoms with Crippen LogP contribution in [0.1, 0.15) is 50.8 Å². The Bertz CT molecular complexity index is 347. The van der Waals surface area contributed by atoms with Crippen LogP contribution in [0.15, 0.2) is 12.3 Å². The zero-order chi connectivity index (χ0) is 12.8. The van der Waals surface area contributed by atoms with Crippen LogP contribution in [0.5, 0.6) is 0 Å². The number of rotatable bonds is 6. The average Bonchev–Trinajstić information content (AvgIpc) is 2.88. The van der Waals surface area contributed by atoms with Crippen molar-refractivity contribution in [3.8, 4) is 0 Å². The molecular weight excluding hydrogens is 264 g/mol. The second-order valence-electron chi connectivity index (χ2n) is 5.35. The standard InChI is InChI=1S/C14H23ClN2S/c1-12(9-15)10-18-11-13-7-8-17(16-13)14-5-3-2-4-6-14/h7-8,12,14H,2-6,9-11H2,1H3. The van der Waals surface area contributed by atoms with Gasteiger partial charge < -0.3 is 0 Å². The van der Waals surface area contributed by atoms with Gasteiger partial charge in [0, 0.05) is 17.8 Å². The Balaban J connectivity index is 1.78. The van der Waals surface area contributed by atoms with E-state index >= 15 is 0 Å². The van der Waals surface area contributed by atoms with Crippen molar-refractivity contribution < 1.29 is 0 Å². The van der Waals surface area contributed by atoms with Gasteiger partial charge in [0.05, 0.1) is 11.7 Å². The molecule has 0 aromatic carbocycles. The maximum absolute atomic E-state index is 5.81. The van der Waals surface area contributed by atoms with Gasteiger partial charge in [0.25, 0.3) is 0 Å². The van der Waals surface area contributed by atoms with Gasteiger partial charge in [0.15, 0.2) is 0 Å². The minimum absolute atomic E-state index is 0.595. The molecule has 2 rings (SSSR count). The summed E-state index contributed by atoms with van der Waals surface area (Å²) in [5.74, 6) is 3.49. The van der Waals surface area contributed by atoms with E-state index in [0.29, 0.717) is 12.0 Å². The third-order valence-corrected chi connectivity index (χ3v) is 5.36. The normalized spacial score (nSPS) is 19.0. The topological polar surface area (TPSA) is 17.8 Å². The number of aromatic nitrogens is 2. The minimum Gasteiger partial charge on any atom is -0.269 e. The Labute approximate surface area is 119 Å².